The van der Waals surface area contributed by atoms with Crippen molar-refractivity contribution in [1.29, 1.82) is 0 Å². The zero-order valence-corrected chi connectivity index (χ0v) is 20.3. The fourth-order valence-electron chi connectivity index (χ4n) is 8.38. The average molecular weight is 409 g/mol. The molecular weight excluding hydrogens is 364 g/mol. The van der Waals surface area contributed by atoms with Gasteiger partial charge in [0, 0.05) is 5.41 Å². The Balaban J connectivity index is 1.53. The first-order chi connectivity index (χ1) is 14.2. The van der Waals surface area contributed by atoms with Crippen LogP contribution in [0.25, 0.3) is 0 Å². The molecule has 3 saturated carbocycles. The molecule has 4 aliphatic carbocycles. The smallest absolute Gasteiger partial charge is 0.178 e. The molecule has 0 spiro atoms. The van der Waals surface area contributed by atoms with Crippen molar-refractivity contribution in [1.82, 2.24) is 0 Å². The molecule has 166 valence electrons. The van der Waals surface area contributed by atoms with E-state index >= 15 is 0 Å². The lowest BCUT2D eigenvalue weighted by Gasteiger charge is -2.57. The lowest BCUT2D eigenvalue weighted by Crippen LogP contribution is -2.50. The lowest BCUT2D eigenvalue weighted by atomic mass is 9.47. The van der Waals surface area contributed by atoms with Gasteiger partial charge in [-0.2, -0.15) is 0 Å². The number of carbonyl (C=O) groups is 1. The van der Waals surface area contributed by atoms with Gasteiger partial charge in [-0.1, -0.05) is 65.3 Å². The zero-order chi connectivity index (χ0) is 21.7. The average Bonchev–Trinajstić information content (AvgIpc) is 3.06. The number of hydrogen-bond donors (Lipinski definition) is 0. The molecule has 8 atom stereocenters. The monoisotopic (exact) mass is 408 g/mol. The number of allylic oxidation sites excluding steroid dienone is 6. The second-order valence-electron chi connectivity index (χ2n) is 11.9. The van der Waals surface area contributed by atoms with Gasteiger partial charge in [0.15, 0.2) is 5.78 Å². The molecule has 0 N–H and O–H groups in total. The highest BCUT2D eigenvalue weighted by atomic mass is 16.1. The van der Waals surface area contributed by atoms with Crippen LogP contribution in [0.4, 0.5) is 0 Å². The summed E-state index contributed by atoms with van der Waals surface area (Å²) >= 11 is 0. The Morgan fingerprint density at radius 3 is 2.53 bits per heavy atom. The minimum Gasteiger partial charge on any atom is -0.290 e. The van der Waals surface area contributed by atoms with E-state index in [0.717, 1.165) is 41.9 Å². The molecule has 0 saturated heterocycles. The Kier molecular flexibility index (Phi) is 5.97. The van der Waals surface area contributed by atoms with Crippen molar-refractivity contribution in [2.24, 2.45) is 52.3 Å². The summed E-state index contributed by atoms with van der Waals surface area (Å²) in [5, 5.41) is 0. The molecule has 30 heavy (non-hydrogen) atoms. The SMILES string of the molecule is CCC(C=CC(C)C1CCC2C3CCC4=CC(=O)C=CC4(C)C3CCC12C)C(C)C. The van der Waals surface area contributed by atoms with Gasteiger partial charge in [-0.15, -0.1) is 0 Å². The Labute approximate surface area is 185 Å². The van der Waals surface area contributed by atoms with Gasteiger partial charge in [0.05, 0.1) is 0 Å². The van der Waals surface area contributed by atoms with E-state index in [4.69, 9.17) is 0 Å². The third-order valence-electron chi connectivity index (χ3n) is 10.3. The van der Waals surface area contributed by atoms with Crippen molar-refractivity contribution in [3.05, 3.63) is 36.0 Å². The summed E-state index contributed by atoms with van der Waals surface area (Å²) in [7, 11) is 0. The van der Waals surface area contributed by atoms with E-state index in [2.05, 4.69) is 59.8 Å². The van der Waals surface area contributed by atoms with Crippen LogP contribution in [0.5, 0.6) is 0 Å². The van der Waals surface area contributed by atoms with E-state index in [9.17, 15) is 4.79 Å². The molecule has 8 unspecified atom stereocenters. The highest BCUT2D eigenvalue weighted by Crippen LogP contribution is 2.67. The maximum Gasteiger partial charge on any atom is 0.178 e. The summed E-state index contributed by atoms with van der Waals surface area (Å²) in [6, 6.07) is 0. The number of ketones is 1. The predicted octanol–water partition coefficient (Wildman–Crippen LogP) is 7.79. The van der Waals surface area contributed by atoms with Crippen molar-refractivity contribution in [3.63, 3.8) is 0 Å². The van der Waals surface area contributed by atoms with E-state index in [1.54, 1.807) is 0 Å². The quantitative estimate of drug-likeness (QED) is 0.424. The molecule has 0 aromatic rings. The first-order valence-corrected chi connectivity index (χ1v) is 12.8. The van der Waals surface area contributed by atoms with Gasteiger partial charge >= 0.3 is 0 Å². The van der Waals surface area contributed by atoms with Crippen LogP contribution in [-0.4, -0.2) is 5.78 Å². The van der Waals surface area contributed by atoms with Crippen molar-refractivity contribution >= 4 is 5.78 Å². The molecular formula is C29H44O. The Hall–Kier alpha value is -1.11. The van der Waals surface area contributed by atoms with Crippen LogP contribution in [0.2, 0.25) is 0 Å². The molecule has 1 heteroatoms. The van der Waals surface area contributed by atoms with Gasteiger partial charge in [-0.3, -0.25) is 4.79 Å². The Bertz CT molecular complexity index is 754. The van der Waals surface area contributed by atoms with Gasteiger partial charge in [0.25, 0.3) is 0 Å². The highest BCUT2D eigenvalue weighted by molar-refractivity contribution is 6.01. The Morgan fingerprint density at radius 1 is 1.07 bits per heavy atom. The van der Waals surface area contributed by atoms with E-state index in [0.29, 0.717) is 11.3 Å². The minimum absolute atomic E-state index is 0.132. The molecule has 0 aromatic carbocycles. The van der Waals surface area contributed by atoms with Crippen LogP contribution in [0.3, 0.4) is 0 Å². The summed E-state index contributed by atoms with van der Waals surface area (Å²) in [6.07, 6.45) is 20.4. The van der Waals surface area contributed by atoms with Crippen LogP contribution < -0.4 is 0 Å². The van der Waals surface area contributed by atoms with Crippen LogP contribution >= 0.6 is 0 Å². The molecule has 0 aromatic heterocycles. The van der Waals surface area contributed by atoms with E-state index in [1.807, 2.05) is 12.2 Å². The second-order valence-corrected chi connectivity index (χ2v) is 11.9. The largest absolute Gasteiger partial charge is 0.290 e. The number of fused-ring (bicyclic) bond motifs is 5. The molecule has 0 radical (unpaired) electrons. The summed E-state index contributed by atoms with van der Waals surface area (Å²) in [5.74, 6) is 5.62. The van der Waals surface area contributed by atoms with Gasteiger partial charge < -0.3 is 0 Å². The topological polar surface area (TPSA) is 17.1 Å². The number of rotatable bonds is 5. The number of carbonyl (C=O) groups excluding carboxylic acids is 1. The minimum atomic E-state index is 0.132. The van der Waals surface area contributed by atoms with Crippen molar-refractivity contribution in [2.45, 2.75) is 86.5 Å². The molecule has 3 fully saturated rings. The van der Waals surface area contributed by atoms with E-state index in [-0.39, 0.29) is 11.2 Å². The van der Waals surface area contributed by atoms with Crippen LogP contribution in [0.15, 0.2) is 36.0 Å². The van der Waals surface area contributed by atoms with Crippen molar-refractivity contribution < 1.29 is 4.79 Å². The third-order valence-corrected chi connectivity index (χ3v) is 10.3. The fraction of sp³-hybridized carbons (Fsp3) is 0.759. The number of hydrogen-bond acceptors (Lipinski definition) is 1. The Morgan fingerprint density at radius 2 is 1.83 bits per heavy atom. The van der Waals surface area contributed by atoms with Gasteiger partial charge in [0.1, 0.15) is 0 Å². The fourth-order valence-corrected chi connectivity index (χ4v) is 8.38. The molecule has 0 bridgehead atoms. The summed E-state index contributed by atoms with van der Waals surface area (Å²) in [4.78, 5) is 12.0. The normalized spacial score (nSPS) is 42.6. The first-order valence-electron chi connectivity index (χ1n) is 12.8. The van der Waals surface area contributed by atoms with Crippen molar-refractivity contribution in [2.75, 3.05) is 0 Å². The third kappa shape index (κ3) is 3.49. The van der Waals surface area contributed by atoms with Crippen molar-refractivity contribution in [3.8, 4) is 0 Å². The zero-order valence-electron chi connectivity index (χ0n) is 20.3. The maximum absolute atomic E-state index is 12.0. The highest BCUT2D eigenvalue weighted by Gasteiger charge is 2.58. The predicted molar refractivity (Wildman–Crippen MR) is 127 cm³/mol. The summed E-state index contributed by atoms with van der Waals surface area (Å²) < 4.78 is 0. The van der Waals surface area contributed by atoms with E-state index in [1.165, 1.54) is 44.1 Å². The van der Waals surface area contributed by atoms with E-state index < -0.39 is 0 Å². The van der Waals surface area contributed by atoms with Crippen LogP contribution in [0.1, 0.15) is 86.5 Å². The van der Waals surface area contributed by atoms with Gasteiger partial charge in [-0.05, 0) is 104 Å². The second kappa shape index (κ2) is 8.10. The first kappa shape index (κ1) is 22.1. The molecule has 0 heterocycles. The van der Waals surface area contributed by atoms with Gasteiger partial charge in [0.2, 0.25) is 0 Å². The molecule has 4 aliphatic rings. The standard InChI is InChI=1S/C29H44O/c1-7-21(19(2)3)9-8-20(4)25-12-13-26-24-11-10-22-18-23(30)14-16-28(22,5)27(24)15-17-29(25,26)6/h8-9,14,16,18-21,24-27H,7,10-13,15,17H2,1-6H3. The molecule has 1 nitrogen and oxygen atoms in total. The van der Waals surface area contributed by atoms with Gasteiger partial charge in [-0.25, -0.2) is 0 Å². The van der Waals surface area contributed by atoms with Crippen LogP contribution in [0, 0.1) is 52.3 Å². The van der Waals surface area contributed by atoms with Crippen LogP contribution in [-0.2, 0) is 4.79 Å². The lowest BCUT2D eigenvalue weighted by molar-refractivity contribution is -0.111. The summed E-state index contributed by atoms with van der Waals surface area (Å²) in [5.41, 5.74) is 2.05. The molecule has 4 rings (SSSR count). The molecule has 0 amide bonds. The molecule has 0 aliphatic heterocycles. The summed E-state index contributed by atoms with van der Waals surface area (Å²) in [6.45, 7) is 14.6. The maximum atomic E-state index is 12.0.